The molecule has 0 saturated carbocycles. The van der Waals surface area contributed by atoms with Crippen molar-refractivity contribution < 1.29 is 28.8 Å². The molecule has 4 rings (SSSR count). The highest BCUT2D eigenvalue weighted by Crippen LogP contribution is 2.19. The second-order valence-electron chi connectivity index (χ2n) is 15.5. The van der Waals surface area contributed by atoms with E-state index in [0.717, 1.165) is 27.0 Å². The number of benzene rings is 2. The maximum Gasteiger partial charge on any atom is 0.336 e. The number of nitrogens with zero attached hydrogens (tertiary/aromatic N) is 3. The van der Waals surface area contributed by atoms with Crippen molar-refractivity contribution in [2.24, 2.45) is 17.2 Å². The largest absolute Gasteiger partial charge is 0.368 e. The Labute approximate surface area is 373 Å². The third-order valence-electron chi connectivity index (χ3n) is 10.4. The summed E-state index contributed by atoms with van der Waals surface area (Å²) in [5, 5.41) is 12.8. The van der Waals surface area contributed by atoms with E-state index in [9.17, 15) is 28.8 Å². The number of urea groups is 1. The first-order valence-electron chi connectivity index (χ1n) is 21.4. The minimum Gasteiger partial charge on any atom is -0.368 e. The number of rotatable bonds is 27. The third-order valence-corrected chi connectivity index (χ3v) is 10.4. The normalized spacial score (nSPS) is 13.4. The maximum absolute atomic E-state index is 14.2. The number of aromatic nitrogens is 3. The summed E-state index contributed by atoms with van der Waals surface area (Å²) in [7, 11) is 0. The highest BCUT2D eigenvalue weighted by molar-refractivity contribution is 5.95. The number of hydrogen-bond donors (Lipinski definition) is 10. The van der Waals surface area contributed by atoms with Gasteiger partial charge in [0.15, 0.2) is 0 Å². The number of fused-ring (bicyclic) bond motifs is 1. The SMILES string of the molecule is C=CCN(CC=C)CCCN(NC(=O)[C@H](C)NC(=O)[C@@H](Cc1c[nH]c2ccccc12)NC(=O)[C@@H](N)Cc1cnc[nH]1)C(=O)N[C@H](Cc1ccccc1)C(=O)N[C@@H](CCCCN)C(N)=O. The van der Waals surface area contributed by atoms with Crippen LogP contribution in [0.1, 0.15) is 49.4 Å². The van der Waals surface area contributed by atoms with Crippen LogP contribution in [-0.4, -0.2) is 123 Å². The quantitative estimate of drug-likeness (QED) is 0.0229. The van der Waals surface area contributed by atoms with Gasteiger partial charge in [-0.15, -0.1) is 13.2 Å². The Hall–Kier alpha value is -6.83. The van der Waals surface area contributed by atoms with E-state index >= 15 is 0 Å². The Kier molecular flexibility index (Phi) is 20.2. The number of nitrogens with one attached hydrogen (secondary N) is 7. The van der Waals surface area contributed by atoms with Crippen molar-refractivity contribution in [3.05, 3.63) is 115 Å². The van der Waals surface area contributed by atoms with Crippen LogP contribution >= 0.6 is 0 Å². The standard InChI is InChI=1S/C45H63N13O6/c1-4-20-57(21-5-2)22-13-23-58(45(64)55-38(24-31-14-7-6-8-15-31)44(63)53-37(40(48)59)18-11-12-19-46)56-41(60)30(3)52-43(62)39(25-32-27-50-36-17-10-9-16-34(32)36)54-42(61)35(47)26-33-28-49-29-51-33/h4-10,14-17,27-30,35,37-39,50H,1-2,11-13,18-26,46-47H2,3H3,(H2,48,59)(H,49,51)(H,52,62)(H,53,63)(H,54,61)(H,55,64)(H,56,60)/t30-,35-,37-,38+,39+/m0/s1. The molecule has 19 nitrogen and oxygen atoms in total. The van der Waals surface area contributed by atoms with Crippen LogP contribution in [0.5, 0.6) is 0 Å². The molecule has 4 aromatic rings. The second kappa shape index (κ2) is 25.9. The number of nitrogens with two attached hydrogens (primary N) is 3. The van der Waals surface area contributed by atoms with Gasteiger partial charge in [-0.25, -0.2) is 14.8 Å². The second-order valence-corrected chi connectivity index (χ2v) is 15.5. The van der Waals surface area contributed by atoms with E-state index in [1.54, 1.807) is 48.8 Å². The smallest absolute Gasteiger partial charge is 0.336 e. The van der Waals surface area contributed by atoms with Crippen LogP contribution < -0.4 is 43.9 Å². The Morgan fingerprint density at radius 1 is 0.766 bits per heavy atom. The van der Waals surface area contributed by atoms with Crippen molar-refractivity contribution in [1.82, 2.24) is 51.6 Å². The van der Waals surface area contributed by atoms with Gasteiger partial charge in [-0.1, -0.05) is 60.7 Å². The van der Waals surface area contributed by atoms with Gasteiger partial charge in [-0.2, -0.15) is 0 Å². The predicted octanol–water partition coefficient (Wildman–Crippen LogP) is 0.810. The Bertz CT molecular complexity index is 2130. The molecule has 13 N–H and O–H groups in total. The molecule has 5 atom stereocenters. The fraction of sp³-hybridized carbons (Fsp3) is 0.400. The summed E-state index contributed by atoms with van der Waals surface area (Å²) in [6.07, 6.45) is 10.3. The predicted molar refractivity (Wildman–Crippen MR) is 245 cm³/mol. The lowest BCUT2D eigenvalue weighted by molar-refractivity contribution is -0.133. The lowest BCUT2D eigenvalue weighted by Gasteiger charge is -2.29. The van der Waals surface area contributed by atoms with Gasteiger partial charge in [0.2, 0.25) is 23.6 Å². The van der Waals surface area contributed by atoms with Crippen LogP contribution in [0.15, 0.2) is 98.6 Å². The molecule has 0 spiro atoms. The average Bonchev–Trinajstić information content (AvgIpc) is 3.95. The van der Waals surface area contributed by atoms with Gasteiger partial charge in [-0.05, 0) is 56.3 Å². The summed E-state index contributed by atoms with van der Waals surface area (Å²) < 4.78 is 0. The fourth-order valence-corrected chi connectivity index (χ4v) is 6.96. The van der Waals surface area contributed by atoms with E-state index in [0.29, 0.717) is 51.1 Å². The van der Waals surface area contributed by atoms with E-state index in [-0.39, 0.29) is 32.2 Å². The molecular formula is C45H63N13O6. The van der Waals surface area contributed by atoms with Crippen LogP contribution in [0.2, 0.25) is 0 Å². The van der Waals surface area contributed by atoms with Crippen molar-refractivity contribution in [2.75, 3.05) is 32.7 Å². The van der Waals surface area contributed by atoms with Crippen molar-refractivity contribution in [3.63, 3.8) is 0 Å². The number of amides is 7. The molecule has 0 radical (unpaired) electrons. The van der Waals surface area contributed by atoms with E-state index < -0.39 is 65.8 Å². The molecule has 2 heterocycles. The van der Waals surface area contributed by atoms with Gasteiger partial charge in [0.1, 0.15) is 24.2 Å². The number of hydrogen-bond acceptors (Lipinski definition) is 10. The molecule has 344 valence electrons. The molecule has 0 unspecified atom stereocenters. The zero-order valence-electron chi connectivity index (χ0n) is 36.4. The van der Waals surface area contributed by atoms with Gasteiger partial charge in [-0.3, -0.25) is 34.3 Å². The lowest BCUT2D eigenvalue weighted by atomic mass is 10.0. The monoisotopic (exact) mass is 882 g/mol. The van der Waals surface area contributed by atoms with E-state index in [4.69, 9.17) is 17.2 Å². The average molecular weight is 882 g/mol. The Balaban J connectivity index is 1.55. The summed E-state index contributed by atoms with van der Waals surface area (Å²) in [4.78, 5) is 93.8. The summed E-state index contributed by atoms with van der Waals surface area (Å²) in [6, 6.07) is 10.0. The van der Waals surface area contributed by atoms with Crippen LogP contribution in [0.3, 0.4) is 0 Å². The number of H-pyrrole nitrogens is 2. The number of aromatic amines is 2. The fourth-order valence-electron chi connectivity index (χ4n) is 6.96. The van der Waals surface area contributed by atoms with Gasteiger partial charge in [0.25, 0.3) is 5.91 Å². The maximum atomic E-state index is 14.2. The molecule has 2 aromatic carbocycles. The number of para-hydroxylation sites is 1. The topological polar surface area (TPSA) is 292 Å². The molecule has 0 bridgehead atoms. The summed E-state index contributed by atoms with van der Waals surface area (Å²) in [5.74, 6) is -3.42. The molecule has 0 saturated heterocycles. The summed E-state index contributed by atoms with van der Waals surface area (Å²) in [5.41, 5.74) is 23.1. The van der Waals surface area contributed by atoms with Crippen LogP contribution in [-0.2, 0) is 43.2 Å². The molecule has 0 fully saturated rings. The van der Waals surface area contributed by atoms with Crippen molar-refractivity contribution in [1.29, 1.82) is 0 Å². The number of carbonyl (C=O) groups excluding carboxylic acids is 6. The Morgan fingerprint density at radius 2 is 1.44 bits per heavy atom. The van der Waals surface area contributed by atoms with Gasteiger partial charge < -0.3 is 48.4 Å². The van der Waals surface area contributed by atoms with Gasteiger partial charge in [0.05, 0.1) is 12.4 Å². The Morgan fingerprint density at radius 3 is 2.11 bits per heavy atom. The van der Waals surface area contributed by atoms with E-state index in [1.165, 1.54) is 13.3 Å². The third kappa shape index (κ3) is 15.8. The molecule has 0 aliphatic heterocycles. The van der Waals surface area contributed by atoms with Gasteiger partial charge >= 0.3 is 6.03 Å². The van der Waals surface area contributed by atoms with Crippen LogP contribution in [0, 0.1) is 0 Å². The molecule has 19 heteroatoms. The van der Waals surface area contributed by atoms with Crippen LogP contribution in [0.4, 0.5) is 4.79 Å². The molecular weight excluding hydrogens is 819 g/mol. The van der Waals surface area contributed by atoms with Crippen molar-refractivity contribution in [2.45, 2.75) is 82.1 Å². The van der Waals surface area contributed by atoms with Crippen molar-refractivity contribution in [3.8, 4) is 0 Å². The summed E-state index contributed by atoms with van der Waals surface area (Å²) >= 11 is 0. The van der Waals surface area contributed by atoms with Crippen LogP contribution in [0.25, 0.3) is 10.9 Å². The molecule has 0 aliphatic rings. The highest BCUT2D eigenvalue weighted by Gasteiger charge is 2.31. The lowest BCUT2D eigenvalue weighted by Crippen LogP contribution is -2.61. The molecule has 7 amide bonds. The number of imidazole rings is 1. The number of primary amides is 1. The number of hydrazine groups is 1. The summed E-state index contributed by atoms with van der Waals surface area (Å²) in [6.45, 7) is 11.0. The molecule has 2 aromatic heterocycles. The number of carbonyl (C=O) groups is 6. The van der Waals surface area contributed by atoms with E-state index in [1.807, 2.05) is 35.2 Å². The zero-order valence-corrected chi connectivity index (χ0v) is 36.4. The minimum absolute atomic E-state index is 0.0147. The zero-order chi connectivity index (χ0) is 46.4. The highest BCUT2D eigenvalue weighted by atomic mass is 16.2. The molecule has 64 heavy (non-hydrogen) atoms. The van der Waals surface area contributed by atoms with Crippen molar-refractivity contribution >= 4 is 46.5 Å². The minimum atomic E-state index is -1.23. The van der Waals surface area contributed by atoms with E-state index in [2.05, 4.69) is 54.8 Å². The first kappa shape index (κ1) is 49.8. The first-order chi connectivity index (χ1) is 30.8. The number of unbranched alkanes of at least 4 members (excludes halogenated alkanes) is 1. The molecule has 0 aliphatic carbocycles. The van der Waals surface area contributed by atoms with Gasteiger partial charge in [0, 0.05) is 74.4 Å². The first-order valence-corrected chi connectivity index (χ1v) is 21.4.